The van der Waals surface area contributed by atoms with Gasteiger partial charge in [0.1, 0.15) is 11.9 Å². The number of nitrogens with zero attached hydrogens (tertiary/aromatic N) is 3. The molecule has 10 heteroatoms. The number of methoxy groups -OCH3 is 1. The molecule has 0 radical (unpaired) electrons. The van der Waals surface area contributed by atoms with Gasteiger partial charge in [0.15, 0.2) is 22.3 Å². The number of hydrogen-bond acceptors (Lipinski definition) is 8. The lowest BCUT2D eigenvalue weighted by atomic mass is 10.1. The molecule has 0 aliphatic heterocycles. The van der Waals surface area contributed by atoms with Gasteiger partial charge in [-0.2, -0.15) is 13.4 Å². The van der Waals surface area contributed by atoms with Gasteiger partial charge in [-0.15, -0.1) is 0 Å². The summed E-state index contributed by atoms with van der Waals surface area (Å²) in [6.45, 7) is 6.04. The first-order valence-electron chi connectivity index (χ1n) is 12.6. The van der Waals surface area contributed by atoms with Crippen LogP contribution in [0.3, 0.4) is 0 Å². The topological polar surface area (TPSA) is 113 Å². The van der Waals surface area contributed by atoms with E-state index in [1.165, 1.54) is 13.2 Å². The van der Waals surface area contributed by atoms with Crippen LogP contribution in [0.2, 0.25) is 0 Å². The summed E-state index contributed by atoms with van der Waals surface area (Å²) < 4.78 is 47.4. The zero-order valence-electron chi connectivity index (χ0n) is 21.5. The smallest absolute Gasteiger partial charge is 0.280 e. The maximum Gasteiger partial charge on any atom is 0.280 e. The van der Waals surface area contributed by atoms with Crippen LogP contribution in [-0.2, 0) is 10.0 Å². The minimum absolute atomic E-state index is 0.00976. The van der Waals surface area contributed by atoms with E-state index in [4.69, 9.17) is 14.2 Å². The van der Waals surface area contributed by atoms with Crippen LogP contribution in [0.25, 0.3) is 0 Å². The lowest BCUT2D eigenvalue weighted by molar-refractivity contribution is 0.182. The summed E-state index contributed by atoms with van der Waals surface area (Å²) in [5.74, 6) is 2.53. The molecule has 37 heavy (non-hydrogen) atoms. The van der Waals surface area contributed by atoms with Crippen LogP contribution in [0.4, 0.5) is 5.82 Å². The quantitative estimate of drug-likeness (QED) is 0.342. The standard InChI is InChI=1S/C27H32N4O5S/c1-16(2)20-13-14-23(28-15-20)37(32,33)31-26-24(36-22-8-6-5-7-21(22)34-4)27(35-17(3)18-9-10-18)30-25(29-26)19-11-12-19/h5-8,13-19H,9-12H2,1-4H3,(H,29,30,31). The van der Waals surface area contributed by atoms with E-state index in [1.54, 1.807) is 30.5 Å². The number of pyridine rings is 1. The van der Waals surface area contributed by atoms with Crippen molar-refractivity contribution in [1.82, 2.24) is 15.0 Å². The van der Waals surface area contributed by atoms with Gasteiger partial charge in [0, 0.05) is 12.1 Å². The highest BCUT2D eigenvalue weighted by Crippen LogP contribution is 2.46. The third-order valence-corrected chi connectivity index (χ3v) is 7.85. The van der Waals surface area contributed by atoms with E-state index in [1.807, 2.05) is 26.8 Å². The predicted octanol–water partition coefficient (Wildman–Crippen LogP) is 5.65. The molecular weight excluding hydrogens is 492 g/mol. The first-order valence-corrected chi connectivity index (χ1v) is 14.1. The number of benzene rings is 1. The molecule has 3 aromatic rings. The number of nitrogens with one attached hydrogen (secondary N) is 1. The van der Waals surface area contributed by atoms with Crippen LogP contribution in [0, 0.1) is 5.92 Å². The Hall–Kier alpha value is -3.40. The first-order chi connectivity index (χ1) is 17.7. The molecule has 0 amide bonds. The molecule has 0 bridgehead atoms. The van der Waals surface area contributed by atoms with Crippen molar-refractivity contribution in [2.45, 2.75) is 69.4 Å². The highest BCUT2D eigenvalue weighted by atomic mass is 32.2. The summed E-state index contributed by atoms with van der Waals surface area (Å²) in [7, 11) is -2.54. The Morgan fingerprint density at radius 2 is 1.70 bits per heavy atom. The van der Waals surface area contributed by atoms with Gasteiger partial charge in [0.2, 0.25) is 5.75 Å². The Morgan fingerprint density at radius 3 is 2.30 bits per heavy atom. The molecule has 2 fully saturated rings. The van der Waals surface area contributed by atoms with Crippen LogP contribution in [-0.4, -0.2) is 36.6 Å². The Morgan fingerprint density at radius 1 is 0.973 bits per heavy atom. The molecule has 0 spiro atoms. The second-order valence-corrected chi connectivity index (χ2v) is 11.6. The number of aromatic nitrogens is 3. The van der Waals surface area contributed by atoms with Crippen LogP contribution in [0.1, 0.15) is 69.7 Å². The van der Waals surface area contributed by atoms with Gasteiger partial charge in [-0.25, -0.2) is 9.97 Å². The Balaban J connectivity index is 1.57. The zero-order chi connectivity index (χ0) is 26.2. The van der Waals surface area contributed by atoms with Gasteiger partial charge in [0.05, 0.1) is 7.11 Å². The van der Waals surface area contributed by atoms with E-state index >= 15 is 0 Å². The van der Waals surface area contributed by atoms with Crippen molar-refractivity contribution >= 4 is 15.8 Å². The summed E-state index contributed by atoms with van der Waals surface area (Å²) >= 11 is 0. The molecule has 1 unspecified atom stereocenters. The highest BCUT2D eigenvalue weighted by molar-refractivity contribution is 7.92. The monoisotopic (exact) mass is 524 g/mol. The third-order valence-electron chi connectivity index (χ3n) is 6.59. The fourth-order valence-corrected chi connectivity index (χ4v) is 4.87. The maximum absolute atomic E-state index is 13.4. The van der Waals surface area contributed by atoms with E-state index in [2.05, 4.69) is 19.7 Å². The predicted molar refractivity (Wildman–Crippen MR) is 139 cm³/mol. The molecule has 1 aromatic carbocycles. The minimum Gasteiger partial charge on any atom is -0.493 e. The number of anilines is 1. The van der Waals surface area contributed by atoms with Crippen LogP contribution in [0.5, 0.6) is 23.1 Å². The van der Waals surface area contributed by atoms with Crippen molar-refractivity contribution in [2.75, 3.05) is 11.8 Å². The Labute approximate surface area is 217 Å². The SMILES string of the molecule is COc1ccccc1Oc1c(NS(=O)(=O)c2ccc(C(C)C)cn2)nc(C2CC2)nc1OC(C)C1CC1. The summed E-state index contributed by atoms with van der Waals surface area (Å²) in [5.41, 5.74) is 0.946. The van der Waals surface area contributed by atoms with Crippen LogP contribution >= 0.6 is 0 Å². The number of sulfonamides is 1. The molecule has 0 saturated heterocycles. The molecule has 2 aliphatic rings. The van der Waals surface area contributed by atoms with Crippen molar-refractivity contribution in [3.8, 4) is 23.1 Å². The van der Waals surface area contributed by atoms with Gasteiger partial charge in [-0.3, -0.25) is 4.72 Å². The van der Waals surface area contributed by atoms with Crippen molar-refractivity contribution in [1.29, 1.82) is 0 Å². The average Bonchev–Trinajstić information content (AvgIpc) is 3.78. The van der Waals surface area contributed by atoms with E-state index < -0.39 is 10.0 Å². The largest absolute Gasteiger partial charge is 0.493 e. The zero-order valence-corrected chi connectivity index (χ0v) is 22.3. The summed E-state index contributed by atoms with van der Waals surface area (Å²) in [5, 5.41) is -0.111. The first kappa shape index (κ1) is 25.3. The van der Waals surface area contributed by atoms with E-state index in [0.29, 0.717) is 23.2 Å². The number of ether oxygens (including phenoxy) is 3. The summed E-state index contributed by atoms with van der Waals surface area (Å²) in [4.78, 5) is 13.5. The lowest BCUT2D eigenvalue weighted by Crippen LogP contribution is -2.20. The average molecular weight is 525 g/mol. The van der Waals surface area contributed by atoms with Crippen molar-refractivity contribution in [2.24, 2.45) is 5.92 Å². The second kappa shape index (κ2) is 10.2. The van der Waals surface area contributed by atoms with Crippen LogP contribution in [0.15, 0.2) is 47.6 Å². The van der Waals surface area contributed by atoms with Gasteiger partial charge in [-0.1, -0.05) is 32.0 Å². The minimum atomic E-state index is -4.08. The molecule has 2 aromatic heterocycles. The maximum atomic E-state index is 13.4. The molecule has 5 rings (SSSR count). The second-order valence-electron chi connectivity index (χ2n) is 9.94. The molecule has 2 aliphatic carbocycles. The molecular formula is C27H32N4O5S. The summed E-state index contributed by atoms with van der Waals surface area (Å²) in [6, 6.07) is 10.4. The van der Waals surface area contributed by atoms with Gasteiger partial charge < -0.3 is 14.2 Å². The van der Waals surface area contributed by atoms with Gasteiger partial charge >= 0.3 is 0 Å². The normalized spacial score (nSPS) is 16.4. The van der Waals surface area contributed by atoms with Crippen molar-refractivity contribution in [3.05, 3.63) is 54.0 Å². The van der Waals surface area contributed by atoms with Gasteiger partial charge in [-0.05, 0) is 68.2 Å². The Kier molecular flexibility index (Phi) is 6.94. The Bertz CT molecular complexity index is 1370. The number of rotatable bonds is 11. The fraction of sp³-hybridized carbons (Fsp3) is 0.444. The van der Waals surface area contributed by atoms with E-state index in [9.17, 15) is 8.42 Å². The van der Waals surface area contributed by atoms with Crippen LogP contribution < -0.4 is 18.9 Å². The molecule has 196 valence electrons. The molecule has 2 heterocycles. The van der Waals surface area contributed by atoms with Crippen molar-refractivity contribution < 1.29 is 22.6 Å². The van der Waals surface area contributed by atoms with Gasteiger partial charge in [0.25, 0.3) is 15.9 Å². The fourth-order valence-electron chi connectivity index (χ4n) is 3.93. The highest BCUT2D eigenvalue weighted by Gasteiger charge is 2.35. The van der Waals surface area contributed by atoms with E-state index in [-0.39, 0.29) is 40.4 Å². The number of hydrogen-bond donors (Lipinski definition) is 1. The molecule has 1 N–H and O–H groups in total. The lowest BCUT2D eigenvalue weighted by Gasteiger charge is -2.20. The van der Waals surface area contributed by atoms with E-state index in [0.717, 1.165) is 31.2 Å². The van der Waals surface area contributed by atoms with Crippen molar-refractivity contribution in [3.63, 3.8) is 0 Å². The summed E-state index contributed by atoms with van der Waals surface area (Å²) in [6.07, 6.45) is 5.53. The molecule has 1 atom stereocenters. The molecule has 2 saturated carbocycles. The third kappa shape index (κ3) is 5.79. The number of para-hydroxylation sites is 2. The molecule has 9 nitrogen and oxygen atoms in total.